The third kappa shape index (κ3) is 37.6. The molecule has 0 heterocycles. The summed E-state index contributed by atoms with van der Waals surface area (Å²) in [5.74, 6) is -0.179. The van der Waals surface area contributed by atoms with Crippen molar-refractivity contribution in [1.82, 2.24) is 5.32 Å². The Hall–Kier alpha value is -0.760. The van der Waals surface area contributed by atoms with E-state index in [1.165, 1.54) is 141 Å². The number of aliphatic hydroxyl groups excluding tert-OH is 1. The van der Waals surface area contributed by atoms with Crippen LogP contribution in [0.25, 0.3) is 0 Å². The second-order valence-corrected chi connectivity index (χ2v) is 17.9. The number of carbonyl (C=O) groups excluding carboxylic acids is 1. The van der Waals surface area contributed by atoms with Gasteiger partial charge in [0.2, 0.25) is 5.91 Å². The van der Waals surface area contributed by atoms with Crippen LogP contribution in [0.15, 0.2) is 12.2 Å². The zero-order chi connectivity index (χ0) is 38.6. The van der Waals surface area contributed by atoms with Gasteiger partial charge in [-0.15, -0.1) is 0 Å². The van der Waals surface area contributed by atoms with E-state index in [0.717, 1.165) is 44.9 Å². The van der Waals surface area contributed by atoms with E-state index in [0.29, 0.717) is 17.4 Å². The quantitative estimate of drug-likeness (QED) is 0.0249. The zero-order valence-electron chi connectivity index (χ0n) is 35.1. The maximum atomic E-state index is 12.8. The summed E-state index contributed by atoms with van der Waals surface area (Å²) >= 11 is 0. The van der Waals surface area contributed by atoms with Crippen molar-refractivity contribution in [3.05, 3.63) is 12.2 Å². The van der Waals surface area contributed by atoms with Gasteiger partial charge < -0.3 is 19.8 Å². The fourth-order valence-electron chi connectivity index (χ4n) is 6.45. The number of carbonyl (C=O) groups is 1. The predicted octanol–water partition coefficient (Wildman–Crippen LogP) is 12.0. The van der Waals surface area contributed by atoms with Crippen molar-refractivity contribution < 1.29 is 32.9 Å². The Labute approximate surface area is 322 Å². The van der Waals surface area contributed by atoms with Gasteiger partial charge in [0.1, 0.15) is 13.2 Å². The van der Waals surface area contributed by atoms with Crippen LogP contribution in [0.3, 0.4) is 0 Å². The van der Waals surface area contributed by atoms with E-state index < -0.39 is 20.0 Å². The number of phosphoric ester groups is 1. The lowest BCUT2D eigenvalue weighted by Crippen LogP contribution is -2.45. The van der Waals surface area contributed by atoms with Crippen LogP contribution in [0.5, 0.6) is 0 Å². The number of allylic oxidation sites excluding steroid dienone is 1. The molecule has 0 aromatic rings. The van der Waals surface area contributed by atoms with Crippen molar-refractivity contribution in [2.24, 2.45) is 0 Å². The predicted molar refractivity (Wildman–Crippen MR) is 222 cm³/mol. The molecule has 3 N–H and O–H groups in total. The van der Waals surface area contributed by atoms with Crippen LogP contribution in [0.1, 0.15) is 206 Å². The van der Waals surface area contributed by atoms with Crippen molar-refractivity contribution in [2.45, 2.75) is 219 Å². The minimum absolute atomic E-state index is 0.0636. The summed E-state index contributed by atoms with van der Waals surface area (Å²) < 4.78 is 23.4. The van der Waals surface area contributed by atoms with Gasteiger partial charge >= 0.3 is 7.82 Å². The smallest absolute Gasteiger partial charge is 0.387 e. The molecular formula is C43H88N2O6P+. The Morgan fingerprint density at radius 1 is 0.635 bits per heavy atom. The van der Waals surface area contributed by atoms with Crippen molar-refractivity contribution >= 4 is 13.7 Å². The van der Waals surface area contributed by atoms with Crippen LogP contribution >= 0.6 is 7.82 Å². The number of phosphoric acid groups is 1. The van der Waals surface area contributed by atoms with Gasteiger partial charge in [-0.05, 0) is 19.3 Å². The van der Waals surface area contributed by atoms with Crippen molar-refractivity contribution in [3.63, 3.8) is 0 Å². The number of nitrogens with zero attached hydrogens (tertiary/aromatic N) is 1. The summed E-state index contributed by atoms with van der Waals surface area (Å²) in [6.07, 6.45) is 40.4. The van der Waals surface area contributed by atoms with Gasteiger partial charge in [0.15, 0.2) is 0 Å². The number of nitrogens with one attached hydrogen (secondary N) is 1. The molecule has 0 aromatic carbocycles. The van der Waals surface area contributed by atoms with Gasteiger partial charge in [-0.1, -0.05) is 193 Å². The topological polar surface area (TPSA) is 105 Å². The van der Waals surface area contributed by atoms with E-state index in [2.05, 4.69) is 19.2 Å². The van der Waals surface area contributed by atoms with Gasteiger partial charge in [0.25, 0.3) is 0 Å². The number of aliphatic hydroxyl groups is 1. The first-order valence-corrected chi connectivity index (χ1v) is 23.6. The van der Waals surface area contributed by atoms with E-state index in [1.54, 1.807) is 6.08 Å². The molecule has 0 aliphatic heterocycles. The Balaban J connectivity index is 4.01. The summed E-state index contributed by atoms with van der Waals surface area (Å²) in [6, 6.07) is -0.837. The molecule has 9 heteroatoms. The van der Waals surface area contributed by atoms with E-state index in [9.17, 15) is 19.4 Å². The molecular weight excluding hydrogens is 671 g/mol. The highest BCUT2D eigenvalue weighted by molar-refractivity contribution is 7.47. The Bertz CT molecular complexity index is 865. The van der Waals surface area contributed by atoms with Crippen LogP contribution in [0, 0.1) is 0 Å². The lowest BCUT2D eigenvalue weighted by Gasteiger charge is -2.25. The highest BCUT2D eigenvalue weighted by Gasteiger charge is 2.27. The van der Waals surface area contributed by atoms with Crippen molar-refractivity contribution in [3.8, 4) is 0 Å². The summed E-state index contributed by atoms with van der Waals surface area (Å²) in [6.45, 7) is 4.74. The third-order valence-electron chi connectivity index (χ3n) is 10.0. The highest BCUT2D eigenvalue weighted by atomic mass is 31.2. The molecule has 0 saturated heterocycles. The lowest BCUT2D eigenvalue weighted by atomic mass is 10.0. The number of rotatable bonds is 40. The van der Waals surface area contributed by atoms with E-state index >= 15 is 0 Å². The summed E-state index contributed by atoms with van der Waals surface area (Å²) in [7, 11) is 1.58. The molecule has 0 aliphatic carbocycles. The minimum Gasteiger partial charge on any atom is -0.387 e. The molecule has 310 valence electrons. The molecule has 0 saturated carbocycles. The molecule has 0 radical (unpaired) electrons. The number of unbranched alkanes of at least 4 members (excludes halogenated alkanes) is 27. The Morgan fingerprint density at radius 3 is 1.42 bits per heavy atom. The van der Waals surface area contributed by atoms with E-state index in [-0.39, 0.29) is 19.1 Å². The van der Waals surface area contributed by atoms with Crippen LogP contribution in [0.4, 0.5) is 0 Å². The number of hydrogen-bond donors (Lipinski definition) is 3. The van der Waals surface area contributed by atoms with Gasteiger partial charge in [-0.3, -0.25) is 13.8 Å². The molecule has 3 unspecified atom stereocenters. The number of quaternary nitrogens is 1. The molecule has 0 rings (SSSR count). The van der Waals surface area contributed by atoms with Crippen LogP contribution in [0.2, 0.25) is 0 Å². The molecule has 52 heavy (non-hydrogen) atoms. The monoisotopic (exact) mass is 760 g/mol. The van der Waals surface area contributed by atoms with Crippen LogP contribution in [-0.4, -0.2) is 73.4 Å². The standard InChI is InChI=1S/C43H87N2O6P/c1-6-8-10-12-14-15-16-17-18-19-20-21-22-23-24-25-26-27-28-29-30-31-33-35-37-43(47)44-41(42(46)36-34-32-13-11-9-7-2)40-51-52(48,49)50-39-38-45(3,4)5/h34,36,41-42,46H,6-33,35,37-40H2,1-5H3,(H-,44,47,48,49)/p+1/b36-34+. The molecule has 0 aliphatic rings. The van der Waals surface area contributed by atoms with Crippen LogP contribution in [-0.2, 0) is 18.4 Å². The third-order valence-corrected chi connectivity index (χ3v) is 11.0. The van der Waals surface area contributed by atoms with Gasteiger partial charge in [0.05, 0.1) is 39.9 Å². The summed E-state index contributed by atoms with van der Waals surface area (Å²) in [5, 5.41) is 13.6. The maximum absolute atomic E-state index is 12.8. The molecule has 0 fully saturated rings. The fourth-order valence-corrected chi connectivity index (χ4v) is 7.19. The highest BCUT2D eigenvalue weighted by Crippen LogP contribution is 2.43. The average Bonchev–Trinajstić information content (AvgIpc) is 3.09. The molecule has 1 amide bonds. The Morgan fingerprint density at radius 2 is 1.02 bits per heavy atom. The van der Waals surface area contributed by atoms with Crippen LogP contribution < -0.4 is 5.32 Å². The first-order chi connectivity index (χ1) is 25.0. The lowest BCUT2D eigenvalue weighted by molar-refractivity contribution is -0.870. The molecule has 8 nitrogen and oxygen atoms in total. The molecule has 3 atom stereocenters. The first kappa shape index (κ1) is 51.2. The Kier molecular flexibility index (Phi) is 35.4. The largest absolute Gasteiger partial charge is 0.472 e. The number of hydrogen-bond acceptors (Lipinski definition) is 5. The van der Waals surface area contributed by atoms with Gasteiger partial charge in [-0.25, -0.2) is 4.57 Å². The number of amides is 1. The molecule has 0 aromatic heterocycles. The average molecular weight is 760 g/mol. The SMILES string of the molecule is CCCCCC/C=C/C(O)C(COP(=O)(O)OCC[N+](C)(C)C)NC(=O)CCCCCCCCCCCCCCCCCCCCCCCCCC. The molecule has 0 spiro atoms. The van der Waals surface area contributed by atoms with E-state index in [4.69, 9.17) is 9.05 Å². The molecule has 0 bridgehead atoms. The maximum Gasteiger partial charge on any atom is 0.472 e. The minimum atomic E-state index is -4.32. The fraction of sp³-hybridized carbons (Fsp3) is 0.930. The van der Waals surface area contributed by atoms with Crippen molar-refractivity contribution in [2.75, 3.05) is 40.9 Å². The van der Waals surface area contributed by atoms with E-state index in [1.807, 2.05) is 27.2 Å². The second kappa shape index (κ2) is 35.9. The number of likely N-dealkylation sites (N-methyl/N-ethyl adjacent to an activating group) is 1. The normalized spacial score (nSPS) is 14.5. The van der Waals surface area contributed by atoms with Crippen molar-refractivity contribution in [1.29, 1.82) is 0 Å². The summed E-state index contributed by atoms with van der Waals surface area (Å²) in [4.78, 5) is 22.9. The second-order valence-electron chi connectivity index (χ2n) is 16.4. The first-order valence-electron chi connectivity index (χ1n) is 22.1. The summed E-state index contributed by atoms with van der Waals surface area (Å²) in [5.41, 5.74) is 0. The van der Waals surface area contributed by atoms with Gasteiger partial charge in [0, 0.05) is 6.42 Å². The zero-order valence-corrected chi connectivity index (χ0v) is 36.0. The van der Waals surface area contributed by atoms with Gasteiger partial charge in [-0.2, -0.15) is 0 Å².